The minimum atomic E-state index is 0.106. The summed E-state index contributed by atoms with van der Waals surface area (Å²) in [5, 5.41) is 1.23. The Morgan fingerprint density at radius 3 is 2.67 bits per heavy atom. The zero-order valence-electron chi connectivity index (χ0n) is 12.9. The molecule has 0 saturated carbocycles. The number of nitrogens with zero attached hydrogens (tertiary/aromatic N) is 4. The van der Waals surface area contributed by atoms with Crippen molar-refractivity contribution in [3.05, 3.63) is 46.8 Å². The van der Waals surface area contributed by atoms with E-state index in [0.717, 1.165) is 23.8 Å². The Morgan fingerprint density at radius 1 is 1.17 bits per heavy atom. The topological polar surface area (TPSA) is 49.3 Å². The third-order valence-corrected chi connectivity index (χ3v) is 5.47. The highest BCUT2D eigenvalue weighted by atomic mass is 35.5. The number of rotatable bonds is 4. The van der Waals surface area contributed by atoms with Crippen molar-refractivity contribution in [2.75, 3.05) is 36.8 Å². The highest BCUT2D eigenvalue weighted by Gasteiger charge is 2.22. The van der Waals surface area contributed by atoms with Crippen LogP contribution in [0.4, 0.5) is 5.82 Å². The Morgan fingerprint density at radius 2 is 1.96 bits per heavy atom. The molecule has 8 heteroatoms. The predicted octanol–water partition coefficient (Wildman–Crippen LogP) is 3.22. The summed E-state index contributed by atoms with van der Waals surface area (Å²) < 4.78 is 0. The van der Waals surface area contributed by atoms with Crippen molar-refractivity contribution in [1.29, 1.82) is 0 Å². The van der Waals surface area contributed by atoms with Gasteiger partial charge in [-0.2, -0.15) is 0 Å². The fraction of sp³-hybridized carbons (Fsp3) is 0.312. The van der Waals surface area contributed by atoms with Gasteiger partial charge in [-0.25, -0.2) is 4.98 Å². The molecule has 1 aromatic carbocycles. The SMILES string of the molecule is O=C(CSc1cc(Cl)ccc1Cl)N1CCN(c2cnccn2)CC1. The maximum atomic E-state index is 12.4. The first-order valence-electron chi connectivity index (χ1n) is 7.50. The van der Waals surface area contributed by atoms with Crippen LogP contribution in [0.15, 0.2) is 41.7 Å². The third kappa shape index (κ3) is 4.32. The van der Waals surface area contributed by atoms with Crippen LogP contribution < -0.4 is 4.90 Å². The van der Waals surface area contributed by atoms with Crippen molar-refractivity contribution < 1.29 is 4.79 Å². The number of thioether (sulfide) groups is 1. The van der Waals surface area contributed by atoms with Crippen molar-refractivity contribution in [3.8, 4) is 0 Å². The average molecular weight is 383 g/mol. The molecule has 1 aromatic heterocycles. The monoisotopic (exact) mass is 382 g/mol. The first-order chi connectivity index (χ1) is 11.6. The molecule has 1 saturated heterocycles. The number of aromatic nitrogens is 2. The molecule has 0 aliphatic carbocycles. The Labute approximate surface area is 155 Å². The summed E-state index contributed by atoms with van der Waals surface area (Å²) in [6, 6.07) is 5.27. The second-order valence-electron chi connectivity index (χ2n) is 5.29. The third-order valence-electron chi connectivity index (χ3n) is 3.75. The van der Waals surface area contributed by atoms with Crippen LogP contribution >= 0.6 is 35.0 Å². The standard InChI is InChI=1S/C16H16Cl2N4OS/c17-12-1-2-13(18)14(9-12)24-11-16(23)22-7-5-21(6-8-22)15-10-19-3-4-20-15/h1-4,9-10H,5-8,11H2. The molecule has 3 rings (SSSR count). The number of amides is 1. The maximum absolute atomic E-state index is 12.4. The molecule has 24 heavy (non-hydrogen) atoms. The second-order valence-corrected chi connectivity index (χ2v) is 7.16. The van der Waals surface area contributed by atoms with Gasteiger partial charge in [0, 0.05) is 48.5 Å². The molecule has 0 bridgehead atoms. The van der Waals surface area contributed by atoms with E-state index in [1.54, 1.807) is 36.8 Å². The summed E-state index contributed by atoms with van der Waals surface area (Å²) in [5.74, 6) is 1.31. The smallest absolute Gasteiger partial charge is 0.233 e. The molecular formula is C16H16Cl2N4OS. The number of hydrogen-bond acceptors (Lipinski definition) is 5. The van der Waals surface area contributed by atoms with E-state index < -0.39 is 0 Å². The van der Waals surface area contributed by atoms with Gasteiger partial charge in [0.1, 0.15) is 5.82 Å². The number of carbonyl (C=O) groups is 1. The molecule has 2 aromatic rings. The molecule has 0 radical (unpaired) electrons. The quantitative estimate of drug-likeness (QED) is 0.759. The van der Waals surface area contributed by atoms with Gasteiger partial charge in [0.15, 0.2) is 0 Å². The molecular weight excluding hydrogens is 367 g/mol. The van der Waals surface area contributed by atoms with E-state index in [1.165, 1.54) is 11.8 Å². The first-order valence-corrected chi connectivity index (χ1v) is 9.24. The lowest BCUT2D eigenvalue weighted by Gasteiger charge is -2.35. The zero-order chi connectivity index (χ0) is 16.9. The van der Waals surface area contributed by atoms with Gasteiger partial charge in [-0.05, 0) is 18.2 Å². The summed E-state index contributed by atoms with van der Waals surface area (Å²) >= 11 is 13.5. The lowest BCUT2D eigenvalue weighted by molar-refractivity contribution is -0.128. The Bertz CT molecular complexity index is 708. The number of hydrogen-bond donors (Lipinski definition) is 0. The van der Waals surface area contributed by atoms with E-state index in [1.807, 2.05) is 4.90 Å². The normalized spacial score (nSPS) is 14.8. The molecule has 0 N–H and O–H groups in total. The molecule has 0 atom stereocenters. The van der Waals surface area contributed by atoms with Crippen LogP contribution in [0.3, 0.4) is 0 Å². The van der Waals surface area contributed by atoms with Gasteiger partial charge >= 0.3 is 0 Å². The van der Waals surface area contributed by atoms with Crippen LogP contribution in [0.25, 0.3) is 0 Å². The molecule has 5 nitrogen and oxygen atoms in total. The van der Waals surface area contributed by atoms with Crippen LogP contribution in [-0.2, 0) is 4.79 Å². The Kier molecular flexibility index (Phi) is 5.81. The van der Waals surface area contributed by atoms with Crippen LogP contribution in [-0.4, -0.2) is 52.7 Å². The largest absolute Gasteiger partial charge is 0.352 e. The summed E-state index contributed by atoms with van der Waals surface area (Å²) in [6.45, 7) is 2.87. The molecule has 1 aliphatic heterocycles. The fourth-order valence-corrected chi connectivity index (χ4v) is 3.85. The number of carbonyl (C=O) groups excluding carboxylic acids is 1. The molecule has 1 fully saturated rings. The van der Waals surface area contributed by atoms with Crippen molar-refractivity contribution in [2.24, 2.45) is 0 Å². The Balaban J connectivity index is 1.51. The summed E-state index contributed by atoms with van der Waals surface area (Å²) in [7, 11) is 0. The molecule has 2 heterocycles. The van der Waals surface area contributed by atoms with Gasteiger partial charge < -0.3 is 9.80 Å². The molecule has 1 aliphatic rings. The van der Waals surface area contributed by atoms with Crippen molar-refractivity contribution in [2.45, 2.75) is 4.90 Å². The minimum absolute atomic E-state index is 0.106. The van der Waals surface area contributed by atoms with E-state index >= 15 is 0 Å². The predicted molar refractivity (Wildman–Crippen MR) is 98.0 cm³/mol. The van der Waals surface area contributed by atoms with Crippen LogP contribution in [0.2, 0.25) is 10.0 Å². The van der Waals surface area contributed by atoms with Crippen LogP contribution in [0.1, 0.15) is 0 Å². The van der Waals surface area contributed by atoms with Gasteiger partial charge in [0.05, 0.1) is 17.0 Å². The summed E-state index contributed by atoms with van der Waals surface area (Å²) in [4.78, 5) is 25.6. The number of anilines is 1. The lowest BCUT2D eigenvalue weighted by Crippen LogP contribution is -2.49. The van der Waals surface area contributed by atoms with E-state index in [4.69, 9.17) is 23.2 Å². The molecule has 0 spiro atoms. The van der Waals surface area contributed by atoms with Gasteiger partial charge in [-0.1, -0.05) is 23.2 Å². The Hall–Kier alpha value is -1.50. The molecule has 0 unspecified atom stereocenters. The van der Waals surface area contributed by atoms with Crippen molar-refractivity contribution >= 4 is 46.7 Å². The van der Waals surface area contributed by atoms with Gasteiger partial charge in [0.2, 0.25) is 5.91 Å². The van der Waals surface area contributed by atoms with E-state index in [0.29, 0.717) is 28.9 Å². The first kappa shape index (κ1) is 17.3. The number of halogens is 2. The van der Waals surface area contributed by atoms with E-state index in [9.17, 15) is 4.79 Å². The van der Waals surface area contributed by atoms with Crippen LogP contribution in [0.5, 0.6) is 0 Å². The summed E-state index contributed by atoms with van der Waals surface area (Å²) in [5.41, 5.74) is 0. The second kappa shape index (κ2) is 8.05. The summed E-state index contributed by atoms with van der Waals surface area (Å²) in [6.07, 6.45) is 5.08. The highest BCUT2D eigenvalue weighted by molar-refractivity contribution is 8.00. The fourth-order valence-electron chi connectivity index (χ4n) is 2.46. The van der Waals surface area contributed by atoms with Crippen molar-refractivity contribution in [3.63, 3.8) is 0 Å². The number of piperazine rings is 1. The van der Waals surface area contributed by atoms with Crippen molar-refractivity contribution in [1.82, 2.24) is 14.9 Å². The minimum Gasteiger partial charge on any atom is -0.352 e. The van der Waals surface area contributed by atoms with Gasteiger partial charge in [-0.15, -0.1) is 11.8 Å². The zero-order valence-corrected chi connectivity index (χ0v) is 15.2. The average Bonchev–Trinajstić information content (AvgIpc) is 2.63. The van der Waals surface area contributed by atoms with Gasteiger partial charge in [0.25, 0.3) is 0 Å². The lowest BCUT2D eigenvalue weighted by atomic mass is 10.3. The molecule has 1 amide bonds. The van der Waals surface area contributed by atoms with Gasteiger partial charge in [-0.3, -0.25) is 9.78 Å². The van der Waals surface area contributed by atoms with E-state index in [2.05, 4.69) is 14.9 Å². The highest BCUT2D eigenvalue weighted by Crippen LogP contribution is 2.30. The van der Waals surface area contributed by atoms with Crippen LogP contribution in [0, 0.1) is 0 Å². The number of benzene rings is 1. The van der Waals surface area contributed by atoms with E-state index in [-0.39, 0.29) is 5.91 Å². The maximum Gasteiger partial charge on any atom is 0.233 e. The molecule has 126 valence electrons.